The molecule has 1 aliphatic rings. The molecule has 1 aromatic carbocycles. The number of aryl methyl sites for hydroxylation is 1. The Kier molecular flexibility index (Phi) is 4.09. The molecule has 0 aliphatic carbocycles. The Bertz CT molecular complexity index is 511. The van der Waals surface area contributed by atoms with Crippen LogP contribution in [0.15, 0.2) is 28.7 Å². The van der Waals surface area contributed by atoms with Gasteiger partial charge >= 0.3 is 0 Å². The summed E-state index contributed by atoms with van der Waals surface area (Å²) in [7, 11) is 0. The number of benzene rings is 1. The first-order chi connectivity index (χ1) is 8.90. The van der Waals surface area contributed by atoms with E-state index in [4.69, 9.17) is 0 Å². The van der Waals surface area contributed by atoms with E-state index in [1.54, 1.807) is 4.90 Å². The highest BCUT2D eigenvalue weighted by Gasteiger charge is 2.39. The van der Waals surface area contributed by atoms with Crippen LogP contribution in [-0.2, 0) is 16.0 Å². The molecule has 102 valence electrons. The van der Waals surface area contributed by atoms with Crippen LogP contribution in [0, 0.1) is 0 Å². The number of amides is 1. The predicted molar refractivity (Wildman–Crippen MR) is 77.9 cm³/mol. The van der Waals surface area contributed by atoms with Crippen LogP contribution in [0.4, 0.5) is 0 Å². The first-order valence-corrected chi connectivity index (χ1v) is 7.25. The Morgan fingerprint density at radius 2 is 2.05 bits per heavy atom. The zero-order valence-corrected chi connectivity index (χ0v) is 12.9. The van der Waals surface area contributed by atoms with Crippen molar-refractivity contribution < 1.29 is 9.59 Å². The lowest BCUT2D eigenvalue weighted by Gasteiger charge is -2.30. The van der Waals surface area contributed by atoms with E-state index in [0.29, 0.717) is 19.3 Å². The van der Waals surface area contributed by atoms with Crippen molar-refractivity contribution in [1.82, 2.24) is 4.90 Å². The highest BCUT2D eigenvalue weighted by Crippen LogP contribution is 2.27. The van der Waals surface area contributed by atoms with Gasteiger partial charge in [0.1, 0.15) is 0 Å². The van der Waals surface area contributed by atoms with Gasteiger partial charge in [-0.2, -0.15) is 0 Å². The van der Waals surface area contributed by atoms with Crippen molar-refractivity contribution in [2.45, 2.75) is 38.6 Å². The van der Waals surface area contributed by atoms with E-state index in [0.717, 1.165) is 10.0 Å². The Labute approximate surface area is 122 Å². The predicted octanol–water partition coefficient (Wildman–Crippen LogP) is 2.96. The molecule has 0 atom stereocenters. The Morgan fingerprint density at radius 3 is 2.63 bits per heavy atom. The molecule has 0 radical (unpaired) electrons. The molecule has 19 heavy (non-hydrogen) atoms. The normalized spacial score (nSPS) is 17.8. The van der Waals surface area contributed by atoms with Gasteiger partial charge in [-0.3, -0.25) is 9.59 Å². The fourth-order valence-corrected chi connectivity index (χ4v) is 3.01. The van der Waals surface area contributed by atoms with Crippen LogP contribution in [0.1, 0.15) is 32.3 Å². The van der Waals surface area contributed by atoms with E-state index in [1.165, 1.54) is 0 Å². The molecule has 1 aromatic rings. The fourth-order valence-electron chi connectivity index (χ4n) is 2.53. The average molecular weight is 324 g/mol. The summed E-state index contributed by atoms with van der Waals surface area (Å²) >= 11 is 3.48. The minimum Gasteiger partial charge on any atom is -0.330 e. The molecular formula is C15H18BrNO2. The molecule has 1 heterocycles. The topological polar surface area (TPSA) is 37.4 Å². The SMILES string of the molecule is CC1(C)CC(=O)CN1C(=O)CCc1ccccc1Br. The Balaban J connectivity index is 1.99. The molecule has 0 bridgehead atoms. The molecule has 1 amide bonds. The van der Waals surface area contributed by atoms with E-state index in [2.05, 4.69) is 15.9 Å². The van der Waals surface area contributed by atoms with Crippen LogP contribution >= 0.6 is 15.9 Å². The summed E-state index contributed by atoms with van der Waals surface area (Å²) in [6, 6.07) is 7.91. The Morgan fingerprint density at radius 1 is 1.37 bits per heavy atom. The summed E-state index contributed by atoms with van der Waals surface area (Å²) in [5.74, 6) is 0.214. The van der Waals surface area contributed by atoms with E-state index in [-0.39, 0.29) is 23.8 Å². The molecule has 2 rings (SSSR count). The van der Waals surface area contributed by atoms with Crippen molar-refractivity contribution in [3.8, 4) is 0 Å². The number of rotatable bonds is 3. The molecule has 0 spiro atoms. The van der Waals surface area contributed by atoms with Crippen molar-refractivity contribution in [3.63, 3.8) is 0 Å². The van der Waals surface area contributed by atoms with E-state index in [1.807, 2.05) is 38.1 Å². The maximum Gasteiger partial charge on any atom is 0.223 e. The quantitative estimate of drug-likeness (QED) is 0.857. The second-order valence-corrected chi connectivity index (χ2v) is 6.45. The fraction of sp³-hybridized carbons (Fsp3) is 0.467. The van der Waals surface area contributed by atoms with Gasteiger partial charge in [-0.05, 0) is 31.9 Å². The number of ketones is 1. The van der Waals surface area contributed by atoms with Crippen molar-refractivity contribution in [2.75, 3.05) is 6.54 Å². The molecule has 1 saturated heterocycles. The lowest BCUT2D eigenvalue weighted by Crippen LogP contribution is -2.42. The molecule has 0 unspecified atom stereocenters. The first-order valence-electron chi connectivity index (χ1n) is 6.46. The van der Waals surface area contributed by atoms with Crippen LogP contribution in [0.5, 0.6) is 0 Å². The lowest BCUT2D eigenvalue weighted by molar-refractivity contribution is -0.135. The highest BCUT2D eigenvalue weighted by atomic mass is 79.9. The molecule has 1 aliphatic heterocycles. The second-order valence-electron chi connectivity index (χ2n) is 5.60. The number of Topliss-reactive ketones (excluding diaryl/α,β-unsaturated/α-hetero) is 1. The smallest absolute Gasteiger partial charge is 0.223 e. The molecule has 3 nitrogen and oxygen atoms in total. The van der Waals surface area contributed by atoms with Gasteiger partial charge in [0.15, 0.2) is 5.78 Å². The summed E-state index contributed by atoms with van der Waals surface area (Å²) in [5, 5.41) is 0. The van der Waals surface area contributed by atoms with Crippen LogP contribution in [0.25, 0.3) is 0 Å². The zero-order chi connectivity index (χ0) is 14.0. The van der Waals surface area contributed by atoms with Crippen molar-refractivity contribution in [2.24, 2.45) is 0 Å². The van der Waals surface area contributed by atoms with Gasteiger partial charge in [0.25, 0.3) is 0 Å². The monoisotopic (exact) mass is 323 g/mol. The van der Waals surface area contributed by atoms with Crippen LogP contribution in [0.2, 0.25) is 0 Å². The number of halogens is 1. The number of carbonyl (C=O) groups is 2. The number of hydrogen-bond donors (Lipinski definition) is 0. The standard InChI is InChI=1S/C15H18BrNO2/c1-15(2)9-12(18)10-17(15)14(19)8-7-11-5-3-4-6-13(11)16/h3-6H,7-10H2,1-2H3. The first kappa shape index (κ1) is 14.3. The maximum absolute atomic E-state index is 12.2. The van der Waals surface area contributed by atoms with Crippen molar-refractivity contribution in [3.05, 3.63) is 34.3 Å². The van der Waals surface area contributed by atoms with E-state index >= 15 is 0 Å². The largest absolute Gasteiger partial charge is 0.330 e. The second kappa shape index (κ2) is 5.45. The van der Waals surface area contributed by atoms with Crippen LogP contribution < -0.4 is 0 Å². The third-order valence-corrected chi connectivity index (χ3v) is 4.34. The molecular weight excluding hydrogens is 306 g/mol. The van der Waals surface area contributed by atoms with Crippen molar-refractivity contribution in [1.29, 1.82) is 0 Å². The number of nitrogens with zero attached hydrogens (tertiary/aromatic N) is 1. The number of likely N-dealkylation sites (tertiary alicyclic amines) is 1. The van der Waals surface area contributed by atoms with Crippen molar-refractivity contribution >= 4 is 27.6 Å². The van der Waals surface area contributed by atoms with E-state index in [9.17, 15) is 9.59 Å². The summed E-state index contributed by atoms with van der Waals surface area (Å²) < 4.78 is 1.03. The summed E-state index contributed by atoms with van der Waals surface area (Å²) in [5.41, 5.74) is 0.793. The van der Waals surface area contributed by atoms with Gasteiger partial charge in [-0.25, -0.2) is 0 Å². The number of carbonyl (C=O) groups excluding carboxylic acids is 2. The Hall–Kier alpha value is -1.16. The molecule has 0 aromatic heterocycles. The summed E-state index contributed by atoms with van der Waals surface area (Å²) in [4.78, 5) is 25.5. The molecule has 0 saturated carbocycles. The minimum absolute atomic E-state index is 0.0617. The van der Waals surface area contributed by atoms with Gasteiger partial charge in [0.2, 0.25) is 5.91 Å². The van der Waals surface area contributed by atoms with Crippen LogP contribution in [0.3, 0.4) is 0 Å². The minimum atomic E-state index is -0.331. The highest BCUT2D eigenvalue weighted by molar-refractivity contribution is 9.10. The lowest BCUT2D eigenvalue weighted by atomic mass is 10.0. The van der Waals surface area contributed by atoms with Gasteiger partial charge in [-0.1, -0.05) is 34.1 Å². The molecule has 1 fully saturated rings. The summed E-state index contributed by atoms with van der Waals surface area (Å²) in [6.07, 6.45) is 1.61. The van der Waals surface area contributed by atoms with Gasteiger partial charge in [0.05, 0.1) is 6.54 Å². The maximum atomic E-state index is 12.2. The summed E-state index contributed by atoms with van der Waals surface area (Å²) in [6.45, 7) is 4.17. The third-order valence-electron chi connectivity index (χ3n) is 3.56. The molecule has 4 heteroatoms. The number of hydrogen-bond acceptors (Lipinski definition) is 2. The van der Waals surface area contributed by atoms with Gasteiger partial charge in [0, 0.05) is 22.9 Å². The average Bonchev–Trinajstić information content (AvgIpc) is 2.61. The van der Waals surface area contributed by atoms with Gasteiger partial charge < -0.3 is 4.90 Å². The zero-order valence-electron chi connectivity index (χ0n) is 11.3. The van der Waals surface area contributed by atoms with Crippen LogP contribution in [-0.4, -0.2) is 28.7 Å². The van der Waals surface area contributed by atoms with Gasteiger partial charge in [-0.15, -0.1) is 0 Å². The third kappa shape index (κ3) is 3.24. The molecule has 0 N–H and O–H groups in total. The van der Waals surface area contributed by atoms with E-state index < -0.39 is 0 Å².